The first-order valence-electron chi connectivity index (χ1n) is 3.82. The fourth-order valence-electron chi connectivity index (χ4n) is 0.726. The van der Waals surface area contributed by atoms with Crippen LogP contribution in [0.5, 0.6) is 0 Å². The third-order valence-corrected chi connectivity index (χ3v) is 1.27. The molecule has 0 aliphatic rings. The van der Waals surface area contributed by atoms with E-state index in [2.05, 4.69) is 22.8 Å². The summed E-state index contributed by atoms with van der Waals surface area (Å²) in [6.07, 6.45) is 4.65. The van der Waals surface area contributed by atoms with Crippen LogP contribution in [0.3, 0.4) is 0 Å². The zero-order valence-corrected chi connectivity index (χ0v) is 6.67. The first-order chi connectivity index (χ1) is 5.43. The lowest BCUT2D eigenvalue weighted by Gasteiger charge is -2.04. The van der Waals surface area contributed by atoms with E-state index in [1.807, 2.05) is 12.1 Å². The van der Waals surface area contributed by atoms with Crippen molar-refractivity contribution in [2.24, 2.45) is 0 Å². The van der Waals surface area contributed by atoms with Crippen LogP contribution in [-0.4, -0.2) is 11.5 Å². The van der Waals surface area contributed by atoms with Gasteiger partial charge in [-0.25, -0.2) is 5.43 Å². The molecule has 3 heteroatoms. The van der Waals surface area contributed by atoms with Crippen LogP contribution in [0.25, 0.3) is 0 Å². The summed E-state index contributed by atoms with van der Waals surface area (Å²) in [6.45, 7) is 3.09. The second-order valence-corrected chi connectivity index (χ2v) is 2.29. The Morgan fingerprint density at radius 1 is 1.55 bits per heavy atom. The largest absolute Gasteiger partial charge is 0.320 e. The van der Waals surface area contributed by atoms with Crippen molar-refractivity contribution in [1.29, 1.82) is 0 Å². The van der Waals surface area contributed by atoms with Crippen LogP contribution in [0, 0.1) is 0 Å². The molecular formula is C8H13N3. The molecule has 0 unspecified atom stereocenters. The fourth-order valence-corrected chi connectivity index (χ4v) is 0.726. The zero-order chi connectivity index (χ0) is 7.94. The Morgan fingerprint density at radius 2 is 2.45 bits per heavy atom. The van der Waals surface area contributed by atoms with Crippen molar-refractivity contribution in [2.45, 2.75) is 13.3 Å². The molecule has 0 aromatic carbocycles. The number of pyridine rings is 1. The smallest absolute Gasteiger partial charge is 0.0671 e. The summed E-state index contributed by atoms with van der Waals surface area (Å²) in [5.41, 5.74) is 7.10. The van der Waals surface area contributed by atoms with Gasteiger partial charge in [-0.15, -0.1) is 0 Å². The molecule has 1 aromatic heterocycles. The predicted octanol–water partition coefficient (Wildman–Crippen LogP) is 1.41. The van der Waals surface area contributed by atoms with Crippen molar-refractivity contribution in [1.82, 2.24) is 10.4 Å². The van der Waals surface area contributed by atoms with Gasteiger partial charge in [-0.1, -0.05) is 6.92 Å². The Morgan fingerprint density at radius 3 is 3.09 bits per heavy atom. The number of hydrogen-bond acceptors (Lipinski definition) is 3. The van der Waals surface area contributed by atoms with Gasteiger partial charge in [0.25, 0.3) is 0 Å². The van der Waals surface area contributed by atoms with E-state index in [1.54, 1.807) is 12.4 Å². The molecule has 0 fully saturated rings. The van der Waals surface area contributed by atoms with Gasteiger partial charge in [0, 0.05) is 12.7 Å². The molecule has 0 saturated heterocycles. The van der Waals surface area contributed by atoms with Crippen molar-refractivity contribution in [3.8, 4) is 0 Å². The van der Waals surface area contributed by atoms with Gasteiger partial charge < -0.3 is 5.43 Å². The number of nitrogens with zero attached hydrogens (tertiary/aromatic N) is 1. The summed E-state index contributed by atoms with van der Waals surface area (Å²) >= 11 is 0. The minimum absolute atomic E-state index is 0.967. The van der Waals surface area contributed by atoms with E-state index in [0.717, 1.165) is 18.7 Å². The van der Waals surface area contributed by atoms with Gasteiger partial charge in [0.15, 0.2) is 0 Å². The van der Waals surface area contributed by atoms with Crippen LogP contribution in [0.2, 0.25) is 0 Å². The molecule has 11 heavy (non-hydrogen) atoms. The molecule has 3 nitrogen and oxygen atoms in total. The van der Waals surface area contributed by atoms with Crippen LogP contribution < -0.4 is 10.9 Å². The van der Waals surface area contributed by atoms with Crippen molar-refractivity contribution in [2.75, 3.05) is 12.0 Å². The molecule has 0 spiro atoms. The average Bonchev–Trinajstić information content (AvgIpc) is 2.07. The highest BCUT2D eigenvalue weighted by Gasteiger charge is 1.85. The highest BCUT2D eigenvalue weighted by Crippen LogP contribution is 1.99. The first-order valence-corrected chi connectivity index (χ1v) is 3.82. The Hall–Kier alpha value is -1.09. The zero-order valence-electron chi connectivity index (χ0n) is 6.67. The minimum Gasteiger partial charge on any atom is -0.320 e. The number of anilines is 1. The summed E-state index contributed by atoms with van der Waals surface area (Å²) in [5, 5.41) is 0. The third kappa shape index (κ3) is 3.00. The number of hydrogen-bond donors (Lipinski definition) is 2. The molecule has 2 N–H and O–H groups in total. The van der Waals surface area contributed by atoms with Crippen LogP contribution >= 0.6 is 0 Å². The lowest BCUT2D eigenvalue weighted by molar-refractivity contribution is 0.760. The quantitative estimate of drug-likeness (QED) is 0.504. The number of aromatic nitrogens is 1. The number of nitrogens with one attached hydrogen (secondary N) is 2. The van der Waals surface area contributed by atoms with E-state index in [0.29, 0.717) is 0 Å². The molecule has 0 bridgehead atoms. The normalized spacial score (nSPS) is 9.55. The molecule has 0 amide bonds. The average molecular weight is 151 g/mol. The predicted molar refractivity (Wildman–Crippen MR) is 46.2 cm³/mol. The Kier molecular flexibility index (Phi) is 3.41. The Bertz CT molecular complexity index is 186. The second kappa shape index (κ2) is 4.68. The van der Waals surface area contributed by atoms with Crippen molar-refractivity contribution >= 4 is 5.69 Å². The topological polar surface area (TPSA) is 37.0 Å². The van der Waals surface area contributed by atoms with Crippen LogP contribution in [0.1, 0.15) is 13.3 Å². The van der Waals surface area contributed by atoms with Gasteiger partial charge in [-0.3, -0.25) is 4.98 Å². The summed E-state index contributed by atoms with van der Waals surface area (Å²) in [6, 6.07) is 3.87. The van der Waals surface area contributed by atoms with E-state index in [-0.39, 0.29) is 0 Å². The van der Waals surface area contributed by atoms with E-state index < -0.39 is 0 Å². The third-order valence-electron chi connectivity index (χ3n) is 1.27. The summed E-state index contributed by atoms with van der Waals surface area (Å²) in [7, 11) is 0. The maximum Gasteiger partial charge on any atom is 0.0671 e. The fraction of sp³-hybridized carbons (Fsp3) is 0.375. The van der Waals surface area contributed by atoms with Gasteiger partial charge in [0.05, 0.1) is 11.9 Å². The summed E-state index contributed by atoms with van der Waals surface area (Å²) in [5.74, 6) is 0. The van der Waals surface area contributed by atoms with Crippen molar-refractivity contribution in [3.63, 3.8) is 0 Å². The molecule has 0 radical (unpaired) electrons. The SMILES string of the molecule is CCCNNc1cccnc1. The van der Waals surface area contributed by atoms with E-state index in [1.165, 1.54) is 0 Å². The molecule has 1 heterocycles. The molecule has 60 valence electrons. The first kappa shape index (κ1) is 8.01. The maximum atomic E-state index is 3.96. The highest BCUT2D eigenvalue weighted by atomic mass is 15.3. The van der Waals surface area contributed by atoms with Crippen molar-refractivity contribution in [3.05, 3.63) is 24.5 Å². The van der Waals surface area contributed by atoms with E-state index in [4.69, 9.17) is 0 Å². The molecule has 0 atom stereocenters. The van der Waals surface area contributed by atoms with Gasteiger partial charge in [-0.05, 0) is 18.6 Å². The number of rotatable bonds is 4. The van der Waals surface area contributed by atoms with Crippen LogP contribution in [0.4, 0.5) is 5.69 Å². The van der Waals surface area contributed by atoms with Crippen LogP contribution in [0.15, 0.2) is 24.5 Å². The molecule has 0 aliphatic carbocycles. The van der Waals surface area contributed by atoms with E-state index in [9.17, 15) is 0 Å². The van der Waals surface area contributed by atoms with Gasteiger partial charge in [0.2, 0.25) is 0 Å². The maximum absolute atomic E-state index is 3.96. The Labute approximate surface area is 66.8 Å². The summed E-state index contributed by atoms with van der Waals surface area (Å²) < 4.78 is 0. The van der Waals surface area contributed by atoms with Gasteiger partial charge in [-0.2, -0.15) is 0 Å². The molecule has 1 rings (SSSR count). The highest BCUT2D eigenvalue weighted by molar-refractivity contribution is 5.38. The second-order valence-electron chi connectivity index (χ2n) is 2.29. The van der Waals surface area contributed by atoms with Crippen molar-refractivity contribution < 1.29 is 0 Å². The Balaban J connectivity index is 2.28. The summed E-state index contributed by atoms with van der Waals surface area (Å²) in [4.78, 5) is 3.96. The standard InChI is InChI=1S/C8H13N3/c1-2-5-10-11-8-4-3-6-9-7-8/h3-4,6-7,10-11H,2,5H2,1H3. The van der Waals surface area contributed by atoms with E-state index >= 15 is 0 Å². The molecule has 0 saturated carbocycles. The molecule has 1 aromatic rings. The minimum atomic E-state index is 0.967. The lowest BCUT2D eigenvalue weighted by Crippen LogP contribution is -2.21. The number of hydrazine groups is 1. The monoisotopic (exact) mass is 151 g/mol. The van der Waals surface area contributed by atoms with Gasteiger partial charge >= 0.3 is 0 Å². The molecular weight excluding hydrogens is 138 g/mol. The lowest BCUT2D eigenvalue weighted by atomic mass is 10.4. The van der Waals surface area contributed by atoms with Crippen LogP contribution in [-0.2, 0) is 0 Å². The van der Waals surface area contributed by atoms with Gasteiger partial charge in [0.1, 0.15) is 0 Å². The molecule has 0 aliphatic heterocycles.